The first kappa shape index (κ1) is 44.4. The highest BCUT2D eigenvalue weighted by Crippen LogP contribution is 2.40. The van der Waals surface area contributed by atoms with Crippen LogP contribution in [-0.4, -0.2) is 83.2 Å². The molecule has 0 amide bonds. The van der Waals surface area contributed by atoms with Crippen molar-refractivity contribution in [3.8, 4) is 11.5 Å². The fourth-order valence-corrected chi connectivity index (χ4v) is 4.23. The van der Waals surface area contributed by atoms with Crippen LogP contribution in [0.2, 0.25) is 0 Å². The third-order valence-corrected chi connectivity index (χ3v) is 6.96. The lowest BCUT2D eigenvalue weighted by atomic mass is 10.1. The molecule has 52 heavy (non-hydrogen) atoms. The molecular weight excluding hydrogens is 769 g/mol. The fraction of sp³-hybridized carbons (Fsp3) is 0.500. The first-order chi connectivity index (χ1) is 23.4. The lowest BCUT2D eigenvalue weighted by Crippen LogP contribution is -2.37. The molecule has 0 saturated carbocycles. The number of nitrogens with zero attached hydrogens (tertiary/aromatic N) is 1. The van der Waals surface area contributed by atoms with Gasteiger partial charge in [-0.25, -0.2) is 9.59 Å². The van der Waals surface area contributed by atoms with Crippen molar-refractivity contribution < 1.29 is 104 Å². The van der Waals surface area contributed by atoms with Gasteiger partial charge in [0, 0.05) is 0 Å². The number of carbonyl (C=O) groups excluding carboxylic acids is 2. The van der Waals surface area contributed by atoms with Crippen LogP contribution in [0.5, 0.6) is 11.5 Å². The Morgan fingerprint density at radius 2 is 1.04 bits per heavy atom. The average molecular weight is 797 g/mol. The number of esters is 2. The Morgan fingerprint density at radius 1 is 0.654 bits per heavy atom. The lowest BCUT2D eigenvalue weighted by molar-refractivity contribution is -0.870. The number of alkyl halides is 12. The Labute approximate surface area is 286 Å². The number of quaternary nitrogens is 1. The van der Waals surface area contributed by atoms with E-state index in [2.05, 4.69) is 13.8 Å². The zero-order valence-corrected chi connectivity index (χ0v) is 27.7. The van der Waals surface area contributed by atoms with Crippen molar-refractivity contribution in [3.63, 3.8) is 0 Å². The number of phosphoric acid groups is 1. The number of hydrogen-bond donors (Lipinski definition) is 0. The third-order valence-electron chi connectivity index (χ3n) is 5.99. The molecule has 2 atom stereocenters. The first-order valence-corrected chi connectivity index (χ1v) is 15.5. The number of phosphoric ester groups is 1. The second-order valence-electron chi connectivity index (χ2n) is 11.4. The van der Waals surface area contributed by atoms with Crippen LogP contribution in [0.25, 0.3) is 0 Å². The Hall–Kier alpha value is -3.79. The first-order valence-electron chi connectivity index (χ1n) is 14.0. The van der Waals surface area contributed by atoms with Gasteiger partial charge >= 0.3 is 36.6 Å². The van der Waals surface area contributed by atoms with Crippen LogP contribution in [0.1, 0.15) is 22.3 Å². The minimum absolute atomic E-state index is 0.133. The van der Waals surface area contributed by atoms with Gasteiger partial charge in [0.25, 0.3) is 7.82 Å². The minimum Gasteiger partial charge on any atom is -0.756 e. The molecule has 294 valence electrons. The molecule has 0 bridgehead atoms. The molecule has 0 radical (unpaired) electrons. The van der Waals surface area contributed by atoms with Crippen molar-refractivity contribution in [2.45, 2.75) is 30.8 Å². The number of rotatable bonds is 16. The lowest BCUT2D eigenvalue weighted by Gasteiger charge is -2.28. The number of ether oxygens (including phenoxy) is 4. The van der Waals surface area contributed by atoms with Gasteiger partial charge in [-0.15, -0.1) is 0 Å². The van der Waals surface area contributed by atoms with E-state index in [1.54, 1.807) is 21.1 Å². The highest BCUT2D eigenvalue weighted by molar-refractivity contribution is 7.45. The number of benzene rings is 2. The van der Waals surface area contributed by atoms with E-state index in [1.165, 1.54) is 0 Å². The Morgan fingerprint density at radius 3 is 1.40 bits per heavy atom. The highest BCUT2D eigenvalue weighted by atomic mass is 31.2. The summed E-state index contributed by atoms with van der Waals surface area (Å²) in [6, 6.07) is 0.128. The molecule has 2 aromatic rings. The topological polar surface area (TPSA) is 130 Å². The van der Waals surface area contributed by atoms with Crippen LogP contribution < -0.4 is 14.4 Å². The monoisotopic (exact) mass is 797 g/mol. The van der Waals surface area contributed by atoms with E-state index in [1.807, 2.05) is 0 Å². The van der Waals surface area contributed by atoms with E-state index in [9.17, 15) is 71.7 Å². The van der Waals surface area contributed by atoms with Crippen molar-refractivity contribution in [2.75, 3.05) is 60.7 Å². The number of carbonyl (C=O) groups is 2. The van der Waals surface area contributed by atoms with Gasteiger partial charge in [0.2, 0.25) is 0 Å². The minimum atomic E-state index is -5.27. The van der Waals surface area contributed by atoms with Gasteiger partial charge in [-0.3, -0.25) is 4.57 Å². The zero-order valence-electron chi connectivity index (χ0n) is 26.8. The molecule has 0 N–H and O–H groups in total. The van der Waals surface area contributed by atoms with Crippen LogP contribution in [0.4, 0.5) is 52.7 Å². The third kappa shape index (κ3) is 15.8. The van der Waals surface area contributed by atoms with E-state index >= 15 is 0 Å². The molecule has 2 unspecified atom stereocenters. The van der Waals surface area contributed by atoms with Crippen molar-refractivity contribution in [2.24, 2.45) is 0 Å². The van der Waals surface area contributed by atoms with Gasteiger partial charge < -0.3 is 37.4 Å². The summed E-state index contributed by atoms with van der Waals surface area (Å²) in [4.78, 5) is 36.8. The molecule has 0 aliphatic heterocycles. The maximum atomic E-state index is 13.1. The Balaban J connectivity index is 2.17. The molecule has 0 aliphatic carbocycles. The quantitative estimate of drug-likeness (QED) is 0.0879. The van der Waals surface area contributed by atoms with Crippen LogP contribution >= 0.6 is 7.82 Å². The van der Waals surface area contributed by atoms with Crippen LogP contribution in [0, 0.1) is 0 Å². The summed E-state index contributed by atoms with van der Waals surface area (Å²) in [6.45, 7) is -5.32. The molecule has 0 heterocycles. The summed E-state index contributed by atoms with van der Waals surface area (Å²) in [5.74, 6) is -5.25. The SMILES string of the molecule is C[N+](C)(C)CCOP(=O)([O-])OCC(COC(=O)COc1cc(C(F)(F)F)cc(C(F)(F)F)c1)OC(=O)COc1cc(C(F)(F)F)cc(C(F)(F)F)c1. The van der Waals surface area contributed by atoms with Crippen molar-refractivity contribution in [1.29, 1.82) is 0 Å². The predicted octanol–water partition coefficient (Wildman–Crippen LogP) is 5.88. The van der Waals surface area contributed by atoms with Gasteiger partial charge in [-0.1, -0.05) is 0 Å². The van der Waals surface area contributed by atoms with Gasteiger partial charge in [-0.05, 0) is 36.4 Å². The molecule has 0 aromatic heterocycles. The summed E-state index contributed by atoms with van der Waals surface area (Å²) in [5.41, 5.74) is -7.13. The normalized spacial score (nSPS) is 14.7. The molecule has 11 nitrogen and oxygen atoms in total. The van der Waals surface area contributed by atoms with Crippen molar-refractivity contribution >= 4 is 19.8 Å². The van der Waals surface area contributed by atoms with Crippen molar-refractivity contribution in [1.82, 2.24) is 0 Å². The Kier molecular flexibility index (Phi) is 14.4. The maximum Gasteiger partial charge on any atom is 0.416 e. The van der Waals surface area contributed by atoms with Gasteiger partial charge in [-0.2, -0.15) is 52.7 Å². The van der Waals surface area contributed by atoms with E-state index in [0.717, 1.165) is 0 Å². The summed E-state index contributed by atoms with van der Waals surface area (Å²) in [7, 11) is -0.119. The number of hydrogen-bond acceptors (Lipinski definition) is 10. The standard InChI is InChI=1S/C28H28F12NO10P/c1-41(2,3)4-5-49-52(44,45)50-13-22(51-24(43)15-47-21-10-18(27(35,36)37)7-19(11-21)28(38,39)40)12-48-23(42)14-46-20-8-16(25(29,30)31)6-17(9-20)26(32,33)34/h6-11,22H,4-5,12-15H2,1-3H3. The zero-order chi connectivity index (χ0) is 39.9. The molecular formula is C28H28F12NO10P. The van der Waals surface area contributed by atoms with Crippen LogP contribution in [-0.2, 0) is 57.4 Å². The predicted molar refractivity (Wildman–Crippen MR) is 147 cm³/mol. The molecule has 0 aliphatic rings. The molecule has 0 spiro atoms. The molecule has 2 aromatic carbocycles. The van der Waals surface area contributed by atoms with Gasteiger partial charge in [0.15, 0.2) is 19.3 Å². The van der Waals surface area contributed by atoms with E-state index < -0.39 is 117 Å². The number of halogens is 12. The molecule has 0 saturated heterocycles. The van der Waals surface area contributed by atoms with E-state index in [-0.39, 0.29) is 47.4 Å². The summed E-state index contributed by atoms with van der Waals surface area (Å²) < 4.78 is 198. The molecule has 2 rings (SSSR count). The molecule has 0 fully saturated rings. The number of likely N-dealkylation sites (N-methyl/N-ethyl adjacent to an activating group) is 1. The second-order valence-corrected chi connectivity index (χ2v) is 12.9. The summed E-state index contributed by atoms with van der Waals surface area (Å²) >= 11 is 0. The smallest absolute Gasteiger partial charge is 0.416 e. The van der Waals surface area contributed by atoms with E-state index in [4.69, 9.17) is 14.2 Å². The highest BCUT2D eigenvalue weighted by Gasteiger charge is 2.38. The summed E-state index contributed by atoms with van der Waals surface area (Å²) in [6.07, 6.45) is -23.0. The van der Waals surface area contributed by atoms with Crippen molar-refractivity contribution in [3.05, 3.63) is 58.7 Å². The van der Waals surface area contributed by atoms with E-state index in [0.29, 0.717) is 0 Å². The maximum absolute atomic E-state index is 13.1. The largest absolute Gasteiger partial charge is 0.756 e. The average Bonchev–Trinajstić information content (AvgIpc) is 2.97. The fourth-order valence-electron chi connectivity index (χ4n) is 3.51. The molecule has 24 heteroatoms. The van der Waals surface area contributed by atoms with Gasteiger partial charge in [0.1, 0.15) is 31.3 Å². The second kappa shape index (κ2) is 16.9. The van der Waals surface area contributed by atoms with Gasteiger partial charge in [0.05, 0.1) is 50.0 Å². The van der Waals surface area contributed by atoms with Crippen LogP contribution in [0.3, 0.4) is 0 Å². The summed E-state index contributed by atoms with van der Waals surface area (Å²) in [5, 5.41) is 0. The Bertz CT molecular complexity index is 1520. The van der Waals surface area contributed by atoms with Crippen LogP contribution in [0.15, 0.2) is 36.4 Å².